The van der Waals surface area contributed by atoms with Crippen molar-refractivity contribution >= 4 is 44.9 Å². The maximum Gasteiger partial charge on any atom is 0.104 e. The van der Waals surface area contributed by atoms with Gasteiger partial charge >= 0.3 is 0 Å². The first-order valence-electron chi connectivity index (χ1n) is 5.31. The molecule has 0 N–H and O–H groups in total. The maximum atomic E-state index is 5.72. The largest absolute Gasteiger partial charge is 0.240 e. The van der Waals surface area contributed by atoms with Gasteiger partial charge < -0.3 is 0 Å². The summed E-state index contributed by atoms with van der Waals surface area (Å²) < 4.78 is 1.28. The number of rotatable bonds is 5. The number of hydrogen-bond donors (Lipinski definition) is 0. The summed E-state index contributed by atoms with van der Waals surface area (Å²) in [6.07, 6.45) is 1.07. The van der Waals surface area contributed by atoms with Gasteiger partial charge in [0.15, 0.2) is 0 Å². The van der Waals surface area contributed by atoms with Gasteiger partial charge in [-0.1, -0.05) is 19.1 Å². The summed E-state index contributed by atoms with van der Waals surface area (Å²) in [6.45, 7) is 2.22. The normalized spacial score (nSPS) is 13.1. The molecule has 0 aliphatic carbocycles. The third-order valence-electron chi connectivity index (χ3n) is 2.35. The molecule has 1 atom stereocenters. The minimum atomic E-state index is 0.615. The van der Waals surface area contributed by atoms with Crippen LogP contribution in [-0.2, 0) is 5.75 Å². The molecule has 1 aromatic carbocycles. The molecule has 0 fully saturated rings. The van der Waals surface area contributed by atoms with Gasteiger partial charge in [-0.3, -0.25) is 0 Å². The number of nitrogens with zero attached hydrogens (tertiary/aromatic N) is 1. The third-order valence-corrected chi connectivity index (χ3v) is 5.03. The van der Waals surface area contributed by atoms with E-state index in [9.17, 15) is 0 Å². The van der Waals surface area contributed by atoms with Gasteiger partial charge in [-0.2, -0.15) is 11.8 Å². The summed E-state index contributed by atoms with van der Waals surface area (Å²) in [4.78, 5) is 4.61. The lowest BCUT2D eigenvalue weighted by molar-refractivity contribution is 0.911. The number of fused-ring (bicyclic) bond motifs is 1. The predicted molar refractivity (Wildman–Crippen MR) is 75.7 cm³/mol. The molecule has 86 valence electrons. The van der Waals surface area contributed by atoms with Crippen LogP contribution in [0.5, 0.6) is 0 Å². The van der Waals surface area contributed by atoms with Crippen molar-refractivity contribution in [3.8, 4) is 0 Å². The second kappa shape index (κ2) is 5.89. The summed E-state index contributed by atoms with van der Waals surface area (Å²) in [6, 6.07) is 8.30. The van der Waals surface area contributed by atoms with E-state index < -0.39 is 0 Å². The fourth-order valence-electron chi connectivity index (χ4n) is 1.43. The van der Waals surface area contributed by atoms with Crippen molar-refractivity contribution in [1.29, 1.82) is 0 Å². The Morgan fingerprint density at radius 1 is 1.44 bits per heavy atom. The molecule has 16 heavy (non-hydrogen) atoms. The smallest absolute Gasteiger partial charge is 0.104 e. The number of thioether (sulfide) groups is 1. The molecule has 2 aromatic rings. The van der Waals surface area contributed by atoms with E-state index in [0.717, 1.165) is 23.6 Å². The van der Waals surface area contributed by atoms with Crippen molar-refractivity contribution in [3.63, 3.8) is 0 Å². The first-order valence-corrected chi connectivity index (χ1v) is 7.71. The van der Waals surface area contributed by atoms with Gasteiger partial charge in [0.05, 0.1) is 10.2 Å². The molecular weight excluding hydrogens is 258 g/mol. The highest BCUT2D eigenvalue weighted by molar-refractivity contribution is 7.99. The summed E-state index contributed by atoms with van der Waals surface area (Å²) in [5.41, 5.74) is 1.12. The van der Waals surface area contributed by atoms with Crippen molar-refractivity contribution in [2.24, 2.45) is 0 Å². The monoisotopic (exact) mass is 271 g/mol. The quantitative estimate of drug-likeness (QED) is 0.740. The fourth-order valence-corrected chi connectivity index (χ4v) is 3.87. The van der Waals surface area contributed by atoms with Gasteiger partial charge in [-0.15, -0.1) is 22.9 Å². The van der Waals surface area contributed by atoms with Gasteiger partial charge in [-0.05, 0) is 18.6 Å². The first kappa shape index (κ1) is 12.2. The van der Waals surface area contributed by atoms with Crippen LogP contribution < -0.4 is 0 Å². The van der Waals surface area contributed by atoms with Crippen LogP contribution in [0.4, 0.5) is 0 Å². The van der Waals surface area contributed by atoms with Gasteiger partial charge in [0.25, 0.3) is 0 Å². The Labute approximate surface area is 109 Å². The van der Waals surface area contributed by atoms with Crippen molar-refractivity contribution < 1.29 is 0 Å². The molecule has 0 saturated heterocycles. The van der Waals surface area contributed by atoms with Crippen LogP contribution in [0.3, 0.4) is 0 Å². The van der Waals surface area contributed by atoms with Crippen molar-refractivity contribution in [2.75, 3.05) is 5.88 Å². The van der Waals surface area contributed by atoms with E-state index in [-0.39, 0.29) is 0 Å². The number of benzene rings is 1. The van der Waals surface area contributed by atoms with Crippen LogP contribution in [0.25, 0.3) is 10.2 Å². The summed E-state index contributed by atoms with van der Waals surface area (Å²) in [7, 11) is 0. The Morgan fingerprint density at radius 2 is 2.25 bits per heavy atom. The number of alkyl halides is 1. The highest BCUT2D eigenvalue weighted by atomic mass is 35.5. The molecule has 1 nitrogen and oxygen atoms in total. The molecule has 0 aliphatic heterocycles. The van der Waals surface area contributed by atoms with Crippen LogP contribution in [0.15, 0.2) is 24.3 Å². The molecule has 1 aromatic heterocycles. The van der Waals surface area contributed by atoms with Crippen molar-refractivity contribution in [3.05, 3.63) is 29.3 Å². The summed E-state index contributed by atoms with van der Waals surface area (Å²) >= 11 is 9.44. The van der Waals surface area contributed by atoms with Crippen LogP contribution in [0.1, 0.15) is 18.4 Å². The minimum Gasteiger partial charge on any atom is -0.240 e. The number of para-hydroxylation sites is 1. The van der Waals surface area contributed by atoms with Gasteiger partial charge in [0.2, 0.25) is 0 Å². The Hall–Kier alpha value is -0.250. The van der Waals surface area contributed by atoms with E-state index in [1.54, 1.807) is 11.3 Å². The third kappa shape index (κ3) is 3.12. The Bertz CT molecular complexity index is 422. The predicted octanol–water partition coefficient (Wildman–Crippen LogP) is 4.55. The second-order valence-corrected chi connectivity index (χ2v) is 6.59. The standard InChI is InChI=1S/C12H14ClNS2/c1-9(6-7-13)15-8-12-14-10-4-2-3-5-11(10)16-12/h2-5,9H,6-8H2,1H3. The SMILES string of the molecule is CC(CCCl)SCc1nc2ccccc2s1. The van der Waals surface area contributed by atoms with Crippen LogP contribution in [0.2, 0.25) is 0 Å². The van der Waals surface area contributed by atoms with Gasteiger partial charge in [-0.25, -0.2) is 4.98 Å². The van der Waals surface area contributed by atoms with E-state index in [0.29, 0.717) is 5.25 Å². The fraction of sp³-hybridized carbons (Fsp3) is 0.417. The molecule has 0 radical (unpaired) electrons. The average Bonchev–Trinajstić information content (AvgIpc) is 2.69. The van der Waals surface area contributed by atoms with Crippen molar-refractivity contribution in [2.45, 2.75) is 24.3 Å². The molecule has 0 spiro atoms. The zero-order chi connectivity index (χ0) is 11.4. The first-order chi connectivity index (χ1) is 7.79. The molecule has 0 amide bonds. The number of hydrogen-bond acceptors (Lipinski definition) is 3. The topological polar surface area (TPSA) is 12.9 Å². The zero-order valence-corrected chi connectivity index (χ0v) is 11.5. The van der Waals surface area contributed by atoms with Gasteiger partial charge in [0, 0.05) is 16.9 Å². The number of aromatic nitrogens is 1. The number of halogens is 1. The highest BCUT2D eigenvalue weighted by Gasteiger charge is 2.06. The average molecular weight is 272 g/mol. The molecule has 0 aliphatic rings. The molecule has 0 bridgehead atoms. The Kier molecular flexibility index (Phi) is 4.50. The van der Waals surface area contributed by atoms with E-state index in [4.69, 9.17) is 11.6 Å². The molecule has 2 rings (SSSR count). The van der Waals surface area contributed by atoms with Crippen LogP contribution in [0, 0.1) is 0 Å². The zero-order valence-electron chi connectivity index (χ0n) is 9.15. The summed E-state index contributed by atoms with van der Waals surface area (Å²) in [5.74, 6) is 1.74. The molecule has 0 saturated carbocycles. The van der Waals surface area contributed by atoms with Crippen LogP contribution in [-0.4, -0.2) is 16.1 Å². The second-order valence-electron chi connectivity index (χ2n) is 3.67. The lowest BCUT2D eigenvalue weighted by Gasteiger charge is -2.06. The van der Waals surface area contributed by atoms with Crippen LogP contribution >= 0.6 is 34.7 Å². The maximum absolute atomic E-state index is 5.72. The molecule has 1 unspecified atom stereocenters. The van der Waals surface area contributed by atoms with E-state index in [1.807, 2.05) is 17.8 Å². The van der Waals surface area contributed by atoms with E-state index in [1.165, 1.54) is 9.71 Å². The molecule has 4 heteroatoms. The lowest BCUT2D eigenvalue weighted by Crippen LogP contribution is -1.97. The van der Waals surface area contributed by atoms with E-state index in [2.05, 4.69) is 30.1 Å². The van der Waals surface area contributed by atoms with Gasteiger partial charge in [0.1, 0.15) is 5.01 Å². The lowest BCUT2D eigenvalue weighted by atomic mass is 10.3. The van der Waals surface area contributed by atoms with E-state index >= 15 is 0 Å². The minimum absolute atomic E-state index is 0.615. The Balaban J connectivity index is 1.99. The number of thiazole rings is 1. The Morgan fingerprint density at radius 3 is 3.00 bits per heavy atom. The van der Waals surface area contributed by atoms with Crippen molar-refractivity contribution in [1.82, 2.24) is 4.98 Å². The highest BCUT2D eigenvalue weighted by Crippen LogP contribution is 2.27. The molecule has 1 heterocycles. The molecular formula is C12H14ClNS2. The summed E-state index contributed by atoms with van der Waals surface area (Å²) in [5, 5.41) is 1.83.